The van der Waals surface area contributed by atoms with Crippen molar-refractivity contribution in [2.75, 3.05) is 13.9 Å². The number of methoxy groups -OCH3 is 1. The summed E-state index contributed by atoms with van der Waals surface area (Å²) in [7, 11) is 1.57. The Hall–Kier alpha value is -1.64. The number of fused-ring (bicyclic) bond motifs is 1. The van der Waals surface area contributed by atoms with Crippen molar-refractivity contribution in [3.05, 3.63) is 23.2 Å². The van der Waals surface area contributed by atoms with Gasteiger partial charge in [-0.25, -0.2) is 4.98 Å². The largest absolute Gasteiger partial charge is 0.468 e. The quantitative estimate of drug-likeness (QED) is 0.744. The van der Waals surface area contributed by atoms with Gasteiger partial charge in [0, 0.05) is 7.11 Å². The third kappa shape index (κ3) is 2.06. The molecule has 1 heterocycles. The van der Waals surface area contributed by atoms with Crippen LogP contribution in [0.4, 0.5) is 0 Å². The lowest BCUT2D eigenvalue weighted by Gasteiger charge is -2.03. The minimum absolute atomic E-state index is 0.218. The number of hydrogen-bond acceptors (Lipinski definition) is 5. The van der Waals surface area contributed by atoms with Gasteiger partial charge in [0.25, 0.3) is 0 Å². The molecule has 1 aromatic carbocycles. The Bertz CT molecular complexity index is 516. The lowest BCUT2D eigenvalue weighted by Crippen LogP contribution is -1.98. The summed E-state index contributed by atoms with van der Waals surface area (Å²) in [5.74, 6) is 0.720. The van der Waals surface area contributed by atoms with Gasteiger partial charge in [0.1, 0.15) is 11.8 Å². The van der Waals surface area contributed by atoms with Crippen LogP contribution in [-0.2, 0) is 4.74 Å². The molecule has 0 aliphatic carbocycles. The van der Waals surface area contributed by atoms with E-state index in [0.29, 0.717) is 5.01 Å². The molecular formula is C10H8N2O2S. The van der Waals surface area contributed by atoms with Crippen LogP contribution < -0.4 is 4.74 Å². The van der Waals surface area contributed by atoms with E-state index in [1.165, 1.54) is 11.3 Å². The summed E-state index contributed by atoms with van der Waals surface area (Å²) < 4.78 is 11.0. The van der Waals surface area contributed by atoms with Gasteiger partial charge in [0.05, 0.1) is 10.2 Å². The number of ether oxygens (including phenoxy) is 2. The average Bonchev–Trinajstić information content (AvgIpc) is 2.68. The minimum atomic E-state index is 0.218. The van der Waals surface area contributed by atoms with Crippen molar-refractivity contribution >= 4 is 21.6 Å². The zero-order valence-corrected chi connectivity index (χ0v) is 8.87. The Morgan fingerprint density at radius 2 is 2.40 bits per heavy atom. The highest BCUT2D eigenvalue weighted by atomic mass is 32.1. The molecule has 0 aliphatic heterocycles. The van der Waals surface area contributed by atoms with Crippen molar-refractivity contribution in [3.8, 4) is 11.8 Å². The maximum absolute atomic E-state index is 8.70. The molecule has 0 atom stereocenters. The summed E-state index contributed by atoms with van der Waals surface area (Å²) in [6, 6.07) is 7.51. The Morgan fingerprint density at radius 3 is 3.13 bits per heavy atom. The first-order valence-corrected chi connectivity index (χ1v) is 5.07. The van der Waals surface area contributed by atoms with Gasteiger partial charge >= 0.3 is 0 Å². The fourth-order valence-corrected chi connectivity index (χ4v) is 1.96. The van der Waals surface area contributed by atoms with Crippen LogP contribution in [0, 0.1) is 11.3 Å². The highest BCUT2D eigenvalue weighted by Crippen LogP contribution is 2.25. The summed E-state index contributed by atoms with van der Waals surface area (Å²) in [6.45, 7) is 0.218. The molecule has 0 bridgehead atoms. The monoisotopic (exact) mass is 220 g/mol. The van der Waals surface area contributed by atoms with Gasteiger partial charge in [-0.3, -0.25) is 0 Å². The van der Waals surface area contributed by atoms with Crippen molar-refractivity contribution in [1.29, 1.82) is 5.26 Å². The topological polar surface area (TPSA) is 55.1 Å². The van der Waals surface area contributed by atoms with Gasteiger partial charge in [-0.2, -0.15) is 5.26 Å². The van der Waals surface area contributed by atoms with E-state index in [0.717, 1.165) is 16.0 Å². The number of nitrogens with zero attached hydrogens (tertiary/aromatic N) is 2. The van der Waals surface area contributed by atoms with Crippen LogP contribution in [-0.4, -0.2) is 18.9 Å². The number of benzene rings is 1. The molecule has 15 heavy (non-hydrogen) atoms. The Kier molecular flexibility index (Phi) is 2.81. The van der Waals surface area contributed by atoms with E-state index in [1.807, 2.05) is 24.3 Å². The van der Waals surface area contributed by atoms with E-state index < -0.39 is 0 Å². The lowest BCUT2D eigenvalue weighted by molar-refractivity contribution is 0.0512. The molecule has 0 saturated heterocycles. The minimum Gasteiger partial charge on any atom is -0.468 e. The highest BCUT2D eigenvalue weighted by Gasteiger charge is 2.04. The second-order valence-electron chi connectivity index (χ2n) is 2.81. The molecule has 2 aromatic rings. The molecular weight excluding hydrogens is 212 g/mol. The standard InChI is InChI=1S/C10H8N2O2S/c1-13-6-14-7-2-3-8-9(4-7)15-10(5-11)12-8/h2-4H,6H2,1H3. The molecule has 0 aliphatic rings. The maximum atomic E-state index is 8.70. The number of hydrogen-bond donors (Lipinski definition) is 0. The van der Waals surface area contributed by atoms with Crippen LogP contribution in [0.1, 0.15) is 5.01 Å². The van der Waals surface area contributed by atoms with Gasteiger partial charge < -0.3 is 9.47 Å². The van der Waals surface area contributed by atoms with E-state index in [2.05, 4.69) is 4.98 Å². The zero-order valence-electron chi connectivity index (χ0n) is 8.06. The zero-order chi connectivity index (χ0) is 10.7. The fraction of sp³-hybridized carbons (Fsp3) is 0.200. The van der Waals surface area contributed by atoms with Gasteiger partial charge in [0.2, 0.25) is 0 Å². The Morgan fingerprint density at radius 1 is 1.53 bits per heavy atom. The third-order valence-electron chi connectivity index (χ3n) is 1.80. The van der Waals surface area contributed by atoms with Crippen LogP contribution in [0.2, 0.25) is 0 Å². The van der Waals surface area contributed by atoms with Crippen LogP contribution in [0.5, 0.6) is 5.75 Å². The van der Waals surface area contributed by atoms with Crippen molar-refractivity contribution < 1.29 is 9.47 Å². The summed E-state index contributed by atoms with van der Waals surface area (Å²) in [4.78, 5) is 4.12. The molecule has 5 heteroatoms. The molecule has 0 amide bonds. The molecule has 76 valence electrons. The molecule has 0 saturated carbocycles. The van der Waals surface area contributed by atoms with Crippen LogP contribution in [0.15, 0.2) is 18.2 Å². The number of rotatable bonds is 3. The van der Waals surface area contributed by atoms with Crippen molar-refractivity contribution in [1.82, 2.24) is 4.98 Å². The number of aromatic nitrogens is 1. The van der Waals surface area contributed by atoms with Gasteiger partial charge in [0.15, 0.2) is 11.8 Å². The van der Waals surface area contributed by atoms with E-state index in [9.17, 15) is 0 Å². The summed E-state index contributed by atoms with van der Waals surface area (Å²) >= 11 is 1.35. The first kappa shape index (κ1) is 9.90. The Balaban J connectivity index is 2.34. The smallest absolute Gasteiger partial charge is 0.195 e. The van der Waals surface area contributed by atoms with E-state index >= 15 is 0 Å². The van der Waals surface area contributed by atoms with E-state index in [-0.39, 0.29) is 6.79 Å². The number of nitriles is 1. The van der Waals surface area contributed by atoms with Crippen molar-refractivity contribution in [2.45, 2.75) is 0 Å². The molecule has 4 nitrogen and oxygen atoms in total. The number of thiazole rings is 1. The second-order valence-corrected chi connectivity index (χ2v) is 3.84. The van der Waals surface area contributed by atoms with Crippen LogP contribution >= 0.6 is 11.3 Å². The predicted molar refractivity (Wildman–Crippen MR) is 56.8 cm³/mol. The summed E-state index contributed by atoms with van der Waals surface area (Å²) in [5.41, 5.74) is 0.821. The molecule has 0 fully saturated rings. The maximum Gasteiger partial charge on any atom is 0.195 e. The molecule has 2 rings (SSSR count). The molecule has 0 unspecified atom stereocenters. The van der Waals surface area contributed by atoms with Gasteiger partial charge in [-0.05, 0) is 18.2 Å². The summed E-state index contributed by atoms with van der Waals surface area (Å²) in [6.07, 6.45) is 0. The average molecular weight is 220 g/mol. The molecule has 0 N–H and O–H groups in total. The lowest BCUT2D eigenvalue weighted by atomic mass is 10.3. The molecule has 1 aromatic heterocycles. The molecule has 0 spiro atoms. The van der Waals surface area contributed by atoms with Gasteiger partial charge in [-0.1, -0.05) is 0 Å². The SMILES string of the molecule is COCOc1ccc2nc(C#N)sc2c1. The second kappa shape index (κ2) is 4.26. The van der Waals surface area contributed by atoms with Crippen LogP contribution in [0.25, 0.3) is 10.2 Å². The summed E-state index contributed by atoms with van der Waals surface area (Å²) in [5, 5.41) is 9.16. The van der Waals surface area contributed by atoms with Crippen molar-refractivity contribution in [2.24, 2.45) is 0 Å². The normalized spacial score (nSPS) is 10.1. The first-order valence-electron chi connectivity index (χ1n) is 4.26. The Labute approximate surface area is 90.7 Å². The molecule has 0 radical (unpaired) electrons. The van der Waals surface area contributed by atoms with E-state index in [1.54, 1.807) is 7.11 Å². The van der Waals surface area contributed by atoms with E-state index in [4.69, 9.17) is 14.7 Å². The fourth-order valence-electron chi connectivity index (χ4n) is 1.17. The first-order chi connectivity index (χ1) is 7.33. The van der Waals surface area contributed by atoms with Crippen LogP contribution in [0.3, 0.4) is 0 Å². The predicted octanol–water partition coefficient (Wildman–Crippen LogP) is 2.15. The highest BCUT2D eigenvalue weighted by molar-refractivity contribution is 7.19. The van der Waals surface area contributed by atoms with Crippen molar-refractivity contribution in [3.63, 3.8) is 0 Å². The van der Waals surface area contributed by atoms with Gasteiger partial charge in [-0.15, -0.1) is 11.3 Å². The third-order valence-corrected chi connectivity index (χ3v) is 2.72.